The molecule has 0 bridgehead atoms. The molecule has 0 radical (unpaired) electrons. The van der Waals surface area contributed by atoms with Gasteiger partial charge in [0.15, 0.2) is 0 Å². The lowest BCUT2D eigenvalue weighted by Crippen LogP contribution is -2.05. The monoisotopic (exact) mass is 179 g/mol. The van der Waals surface area contributed by atoms with E-state index >= 15 is 0 Å². The molecule has 0 saturated carbocycles. The Hall–Kier alpha value is -0.860. The van der Waals surface area contributed by atoms with Crippen LogP contribution >= 0.6 is 0 Å². The van der Waals surface area contributed by atoms with Gasteiger partial charge in [0, 0.05) is 7.05 Å². The van der Waals surface area contributed by atoms with Gasteiger partial charge in [-0.2, -0.15) is 0 Å². The van der Waals surface area contributed by atoms with E-state index in [-0.39, 0.29) is 0 Å². The van der Waals surface area contributed by atoms with Crippen molar-refractivity contribution in [1.29, 1.82) is 0 Å². The van der Waals surface area contributed by atoms with Crippen molar-refractivity contribution in [3.05, 3.63) is 11.4 Å². The highest BCUT2D eigenvalue weighted by Gasteiger charge is 2.21. The molecule has 1 aliphatic rings. The molecule has 0 amide bonds. The van der Waals surface area contributed by atoms with Gasteiger partial charge in [-0.05, 0) is 31.1 Å². The maximum Gasteiger partial charge on any atom is 0.0861 e. The summed E-state index contributed by atoms with van der Waals surface area (Å²) in [6.07, 6.45) is 3.56. The van der Waals surface area contributed by atoms with Crippen molar-refractivity contribution in [2.75, 3.05) is 0 Å². The molecule has 2 atom stereocenters. The minimum absolute atomic E-state index is 0.757. The summed E-state index contributed by atoms with van der Waals surface area (Å²) in [5, 5.41) is 8.29. The van der Waals surface area contributed by atoms with E-state index in [9.17, 15) is 0 Å². The SMILES string of the molecule is CC1Cc2nnn(C)c2CC(C)C1. The van der Waals surface area contributed by atoms with Gasteiger partial charge in [0.2, 0.25) is 0 Å². The van der Waals surface area contributed by atoms with E-state index in [0.717, 1.165) is 24.7 Å². The van der Waals surface area contributed by atoms with Gasteiger partial charge in [0.25, 0.3) is 0 Å². The van der Waals surface area contributed by atoms with Crippen molar-refractivity contribution in [1.82, 2.24) is 15.0 Å². The Kier molecular flexibility index (Phi) is 2.10. The van der Waals surface area contributed by atoms with Gasteiger partial charge >= 0.3 is 0 Å². The minimum atomic E-state index is 0.757. The second-order valence-corrected chi connectivity index (χ2v) is 4.46. The summed E-state index contributed by atoms with van der Waals surface area (Å²) in [7, 11) is 1.99. The first-order valence-electron chi connectivity index (χ1n) is 5.04. The van der Waals surface area contributed by atoms with E-state index in [1.54, 1.807) is 0 Å². The molecule has 2 unspecified atom stereocenters. The number of aromatic nitrogens is 3. The Morgan fingerprint density at radius 3 is 2.69 bits per heavy atom. The predicted molar refractivity (Wildman–Crippen MR) is 51.4 cm³/mol. The molecule has 3 heteroatoms. The second-order valence-electron chi connectivity index (χ2n) is 4.46. The molecule has 1 aromatic rings. The highest BCUT2D eigenvalue weighted by molar-refractivity contribution is 5.13. The lowest BCUT2D eigenvalue weighted by molar-refractivity contribution is 0.419. The van der Waals surface area contributed by atoms with Crippen LogP contribution in [-0.4, -0.2) is 15.0 Å². The third-order valence-corrected chi connectivity index (χ3v) is 2.91. The van der Waals surface area contributed by atoms with Crippen LogP contribution in [0, 0.1) is 11.8 Å². The maximum atomic E-state index is 4.21. The molecule has 72 valence electrons. The quantitative estimate of drug-likeness (QED) is 0.566. The highest BCUT2D eigenvalue weighted by Crippen LogP contribution is 2.25. The van der Waals surface area contributed by atoms with E-state index in [0.29, 0.717) is 0 Å². The van der Waals surface area contributed by atoms with Crippen LogP contribution in [0.1, 0.15) is 31.7 Å². The van der Waals surface area contributed by atoms with Crippen molar-refractivity contribution in [3.8, 4) is 0 Å². The first-order valence-corrected chi connectivity index (χ1v) is 5.04. The fraction of sp³-hybridized carbons (Fsp3) is 0.800. The topological polar surface area (TPSA) is 30.7 Å². The van der Waals surface area contributed by atoms with Crippen LogP contribution in [0.5, 0.6) is 0 Å². The molecule has 0 fully saturated rings. The van der Waals surface area contributed by atoms with Crippen molar-refractivity contribution >= 4 is 0 Å². The van der Waals surface area contributed by atoms with Gasteiger partial charge in [-0.25, -0.2) is 0 Å². The summed E-state index contributed by atoms with van der Waals surface area (Å²) in [6, 6.07) is 0. The Morgan fingerprint density at radius 1 is 1.23 bits per heavy atom. The van der Waals surface area contributed by atoms with Crippen LogP contribution in [-0.2, 0) is 19.9 Å². The molecule has 0 N–H and O–H groups in total. The third-order valence-electron chi connectivity index (χ3n) is 2.91. The molecule has 1 heterocycles. The summed E-state index contributed by atoms with van der Waals surface area (Å²) >= 11 is 0. The van der Waals surface area contributed by atoms with Crippen LogP contribution in [0.25, 0.3) is 0 Å². The van der Waals surface area contributed by atoms with E-state index in [1.807, 2.05) is 11.7 Å². The Morgan fingerprint density at radius 2 is 1.92 bits per heavy atom. The van der Waals surface area contributed by atoms with Gasteiger partial charge < -0.3 is 0 Å². The summed E-state index contributed by atoms with van der Waals surface area (Å²) in [5.74, 6) is 1.53. The molecule has 0 saturated heterocycles. The first-order chi connectivity index (χ1) is 6.16. The Balaban J connectivity index is 2.34. The van der Waals surface area contributed by atoms with Crippen molar-refractivity contribution in [2.45, 2.75) is 33.1 Å². The Bertz CT molecular complexity index is 303. The fourth-order valence-electron chi connectivity index (χ4n) is 2.34. The number of hydrogen-bond acceptors (Lipinski definition) is 2. The van der Waals surface area contributed by atoms with Crippen LogP contribution in [0.15, 0.2) is 0 Å². The zero-order chi connectivity index (χ0) is 9.42. The van der Waals surface area contributed by atoms with Crippen LogP contribution in [0.3, 0.4) is 0 Å². The molecule has 13 heavy (non-hydrogen) atoms. The smallest absolute Gasteiger partial charge is 0.0861 e. The predicted octanol–water partition coefficient (Wildman–Crippen LogP) is 1.58. The molecule has 3 nitrogen and oxygen atoms in total. The second kappa shape index (κ2) is 3.13. The lowest BCUT2D eigenvalue weighted by atomic mass is 9.96. The lowest BCUT2D eigenvalue weighted by Gasteiger charge is -2.10. The van der Waals surface area contributed by atoms with Crippen LogP contribution in [0.2, 0.25) is 0 Å². The average Bonchev–Trinajstić information content (AvgIpc) is 2.32. The average molecular weight is 179 g/mol. The minimum Gasteiger partial charge on any atom is -0.252 e. The van der Waals surface area contributed by atoms with Gasteiger partial charge in [0.05, 0.1) is 11.4 Å². The van der Waals surface area contributed by atoms with E-state index in [4.69, 9.17) is 0 Å². The largest absolute Gasteiger partial charge is 0.252 e. The first kappa shape index (κ1) is 8.73. The summed E-state index contributed by atoms with van der Waals surface area (Å²) < 4.78 is 1.93. The number of rotatable bonds is 0. The van der Waals surface area contributed by atoms with Crippen LogP contribution in [0.4, 0.5) is 0 Å². The fourth-order valence-corrected chi connectivity index (χ4v) is 2.34. The maximum absolute atomic E-state index is 4.21. The third kappa shape index (κ3) is 1.60. The zero-order valence-electron chi connectivity index (χ0n) is 8.62. The van der Waals surface area contributed by atoms with Gasteiger partial charge in [-0.3, -0.25) is 4.68 Å². The van der Waals surface area contributed by atoms with E-state index in [2.05, 4.69) is 24.2 Å². The molecule has 1 aromatic heterocycles. The standard InChI is InChI=1S/C10H17N3/c1-7-4-8(2)6-10-9(5-7)11-12-13(10)3/h7-8H,4-6H2,1-3H3. The number of hydrogen-bond donors (Lipinski definition) is 0. The highest BCUT2D eigenvalue weighted by atomic mass is 15.4. The summed E-state index contributed by atoms with van der Waals surface area (Å²) in [6.45, 7) is 4.62. The van der Waals surface area contributed by atoms with Crippen molar-refractivity contribution in [2.24, 2.45) is 18.9 Å². The van der Waals surface area contributed by atoms with Gasteiger partial charge in [-0.1, -0.05) is 19.1 Å². The van der Waals surface area contributed by atoms with Crippen molar-refractivity contribution in [3.63, 3.8) is 0 Å². The van der Waals surface area contributed by atoms with Crippen molar-refractivity contribution < 1.29 is 0 Å². The molecule has 0 aromatic carbocycles. The number of nitrogens with zero attached hydrogens (tertiary/aromatic N) is 3. The molecule has 0 aliphatic heterocycles. The van der Waals surface area contributed by atoms with E-state index < -0.39 is 0 Å². The molecule has 2 rings (SSSR count). The number of fused-ring (bicyclic) bond motifs is 1. The summed E-state index contributed by atoms with van der Waals surface area (Å²) in [4.78, 5) is 0. The zero-order valence-corrected chi connectivity index (χ0v) is 8.62. The normalized spacial score (nSPS) is 28.2. The molecular formula is C10H17N3. The number of aryl methyl sites for hydroxylation is 1. The molecular weight excluding hydrogens is 162 g/mol. The summed E-state index contributed by atoms with van der Waals surface area (Å²) in [5.41, 5.74) is 2.57. The van der Waals surface area contributed by atoms with Gasteiger partial charge in [0.1, 0.15) is 0 Å². The van der Waals surface area contributed by atoms with Crippen LogP contribution < -0.4 is 0 Å². The molecule has 0 spiro atoms. The van der Waals surface area contributed by atoms with Gasteiger partial charge in [-0.15, -0.1) is 5.10 Å². The molecule has 1 aliphatic carbocycles. The Labute approximate surface area is 79.1 Å². The van der Waals surface area contributed by atoms with E-state index in [1.165, 1.54) is 17.8 Å².